The summed E-state index contributed by atoms with van der Waals surface area (Å²) in [4.78, 5) is 16.0. The van der Waals surface area contributed by atoms with Crippen molar-refractivity contribution in [2.45, 2.75) is 26.8 Å². The van der Waals surface area contributed by atoms with E-state index in [9.17, 15) is 4.79 Å². The standard InChI is InChI=1S/C23H32N4O3.HI/c1-17(2)22(28)26-19-11-9-18(10-12-19)16-25-23(24-3)27-20-7-5-8-21(15-20)30-14-6-13-29-4;/h5,7-12,15,17H,6,13-14,16H2,1-4H3,(H,26,28)(H2,24,25,27);1H. The molecule has 2 aromatic rings. The average Bonchev–Trinajstić information content (AvgIpc) is 2.75. The number of benzene rings is 2. The third-order valence-electron chi connectivity index (χ3n) is 4.29. The van der Waals surface area contributed by atoms with Gasteiger partial charge in [0.05, 0.1) is 6.61 Å². The Morgan fingerprint density at radius 3 is 2.42 bits per heavy atom. The third-order valence-corrected chi connectivity index (χ3v) is 4.29. The SMILES string of the molecule is CN=C(NCc1ccc(NC(=O)C(C)C)cc1)Nc1cccc(OCCCOC)c1.I. The fraction of sp³-hybridized carbons (Fsp3) is 0.391. The number of amides is 1. The number of aliphatic imine (C=N–C) groups is 1. The summed E-state index contributed by atoms with van der Waals surface area (Å²) in [5.74, 6) is 1.42. The van der Waals surface area contributed by atoms with Gasteiger partial charge in [0.1, 0.15) is 5.75 Å². The van der Waals surface area contributed by atoms with Crippen LogP contribution in [-0.4, -0.2) is 39.2 Å². The van der Waals surface area contributed by atoms with Crippen LogP contribution in [0.25, 0.3) is 0 Å². The molecule has 0 saturated heterocycles. The predicted molar refractivity (Wildman–Crippen MR) is 138 cm³/mol. The van der Waals surface area contributed by atoms with Crippen LogP contribution < -0.4 is 20.7 Å². The van der Waals surface area contributed by atoms with Gasteiger partial charge >= 0.3 is 0 Å². The van der Waals surface area contributed by atoms with Crippen LogP contribution in [0.2, 0.25) is 0 Å². The van der Waals surface area contributed by atoms with Gasteiger partial charge in [-0.05, 0) is 29.8 Å². The lowest BCUT2D eigenvalue weighted by Crippen LogP contribution is -2.30. The van der Waals surface area contributed by atoms with E-state index in [1.807, 2.05) is 62.4 Å². The monoisotopic (exact) mass is 540 g/mol. The fourth-order valence-corrected chi connectivity index (χ4v) is 2.55. The second-order valence-corrected chi connectivity index (χ2v) is 7.11. The molecular formula is C23H33IN4O3. The number of hydrogen-bond acceptors (Lipinski definition) is 4. The normalized spacial score (nSPS) is 10.9. The van der Waals surface area contributed by atoms with E-state index < -0.39 is 0 Å². The van der Waals surface area contributed by atoms with Gasteiger partial charge in [-0.1, -0.05) is 32.0 Å². The summed E-state index contributed by atoms with van der Waals surface area (Å²) >= 11 is 0. The molecule has 170 valence electrons. The van der Waals surface area contributed by atoms with Gasteiger partial charge in [-0.2, -0.15) is 0 Å². The van der Waals surface area contributed by atoms with Crippen LogP contribution in [0.5, 0.6) is 5.75 Å². The van der Waals surface area contributed by atoms with Crippen LogP contribution in [0.4, 0.5) is 11.4 Å². The van der Waals surface area contributed by atoms with Gasteiger partial charge < -0.3 is 25.4 Å². The summed E-state index contributed by atoms with van der Waals surface area (Å²) in [5, 5.41) is 9.44. The molecule has 3 N–H and O–H groups in total. The molecule has 0 radical (unpaired) electrons. The molecule has 1 amide bonds. The van der Waals surface area contributed by atoms with Gasteiger partial charge in [-0.15, -0.1) is 24.0 Å². The second-order valence-electron chi connectivity index (χ2n) is 7.11. The van der Waals surface area contributed by atoms with Crippen LogP contribution in [0.1, 0.15) is 25.8 Å². The number of rotatable bonds is 10. The number of guanidine groups is 1. The number of carbonyl (C=O) groups is 1. The summed E-state index contributed by atoms with van der Waals surface area (Å²) in [6, 6.07) is 15.5. The predicted octanol–water partition coefficient (Wildman–Crippen LogP) is 4.50. The minimum absolute atomic E-state index is 0. The van der Waals surface area contributed by atoms with Gasteiger partial charge in [0, 0.05) is 57.1 Å². The molecule has 0 fully saturated rings. The zero-order valence-corrected chi connectivity index (χ0v) is 20.9. The molecule has 8 heteroatoms. The maximum absolute atomic E-state index is 11.8. The highest BCUT2D eigenvalue weighted by Crippen LogP contribution is 2.17. The van der Waals surface area contributed by atoms with Gasteiger partial charge in [0.25, 0.3) is 0 Å². The number of nitrogens with one attached hydrogen (secondary N) is 3. The maximum atomic E-state index is 11.8. The molecule has 0 unspecified atom stereocenters. The van der Waals surface area contributed by atoms with E-state index in [1.54, 1.807) is 14.2 Å². The van der Waals surface area contributed by atoms with E-state index in [2.05, 4.69) is 20.9 Å². The summed E-state index contributed by atoms with van der Waals surface area (Å²) < 4.78 is 10.8. The minimum Gasteiger partial charge on any atom is -0.493 e. The molecule has 0 atom stereocenters. The van der Waals surface area contributed by atoms with Crippen molar-refractivity contribution in [1.29, 1.82) is 0 Å². The number of methoxy groups -OCH3 is 1. The van der Waals surface area contributed by atoms with Gasteiger partial charge in [0.2, 0.25) is 5.91 Å². The molecule has 0 bridgehead atoms. The molecule has 7 nitrogen and oxygen atoms in total. The van der Waals surface area contributed by atoms with E-state index in [-0.39, 0.29) is 35.8 Å². The van der Waals surface area contributed by atoms with Crippen molar-refractivity contribution in [3.63, 3.8) is 0 Å². The Morgan fingerprint density at radius 1 is 1.03 bits per heavy atom. The Bertz CT molecular complexity index is 826. The lowest BCUT2D eigenvalue weighted by Gasteiger charge is -2.14. The molecule has 0 heterocycles. The molecule has 0 saturated carbocycles. The Labute approximate surface area is 202 Å². The molecular weight excluding hydrogens is 507 g/mol. The molecule has 0 aromatic heterocycles. The van der Waals surface area contributed by atoms with E-state index in [0.29, 0.717) is 25.7 Å². The number of nitrogens with zero attached hydrogens (tertiary/aromatic N) is 1. The maximum Gasteiger partial charge on any atom is 0.226 e. The Morgan fingerprint density at radius 2 is 1.77 bits per heavy atom. The average molecular weight is 540 g/mol. The Balaban J connectivity index is 0.00000480. The highest BCUT2D eigenvalue weighted by atomic mass is 127. The Kier molecular flexibility index (Phi) is 12.6. The lowest BCUT2D eigenvalue weighted by atomic mass is 10.1. The van der Waals surface area contributed by atoms with E-state index >= 15 is 0 Å². The second kappa shape index (κ2) is 14.6. The summed E-state index contributed by atoms with van der Waals surface area (Å²) in [6.07, 6.45) is 0.845. The van der Waals surface area contributed by atoms with E-state index in [0.717, 1.165) is 29.1 Å². The highest BCUT2D eigenvalue weighted by Gasteiger charge is 2.07. The van der Waals surface area contributed by atoms with Crippen LogP contribution in [0.15, 0.2) is 53.5 Å². The third kappa shape index (κ3) is 10.0. The summed E-state index contributed by atoms with van der Waals surface area (Å²) in [5.41, 5.74) is 2.76. The van der Waals surface area contributed by atoms with Crippen molar-refractivity contribution in [3.8, 4) is 5.75 Å². The smallest absolute Gasteiger partial charge is 0.226 e. The topological polar surface area (TPSA) is 84.0 Å². The molecule has 0 aliphatic carbocycles. The molecule has 0 aliphatic rings. The first kappa shape index (κ1) is 26.7. The number of halogens is 1. The van der Waals surface area contributed by atoms with Crippen molar-refractivity contribution >= 4 is 47.2 Å². The molecule has 2 rings (SSSR count). The largest absolute Gasteiger partial charge is 0.493 e. The van der Waals surface area contributed by atoms with Crippen molar-refractivity contribution in [1.82, 2.24) is 5.32 Å². The molecule has 31 heavy (non-hydrogen) atoms. The minimum atomic E-state index is -0.0463. The highest BCUT2D eigenvalue weighted by molar-refractivity contribution is 14.0. The van der Waals surface area contributed by atoms with E-state index in [4.69, 9.17) is 9.47 Å². The van der Waals surface area contributed by atoms with Crippen LogP contribution in [0.3, 0.4) is 0 Å². The number of carbonyl (C=O) groups excluding carboxylic acids is 1. The van der Waals surface area contributed by atoms with Crippen LogP contribution >= 0.6 is 24.0 Å². The number of hydrogen-bond donors (Lipinski definition) is 3. The Hall–Kier alpha value is -2.33. The zero-order chi connectivity index (χ0) is 21.8. The van der Waals surface area contributed by atoms with Crippen molar-refractivity contribution in [2.75, 3.05) is 38.0 Å². The first-order chi connectivity index (χ1) is 14.5. The van der Waals surface area contributed by atoms with Crippen molar-refractivity contribution in [2.24, 2.45) is 10.9 Å². The molecule has 2 aromatic carbocycles. The van der Waals surface area contributed by atoms with Crippen molar-refractivity contribution in [3.05, 3.63) is 54.1 Å². The lowest BCUT2D eigenvalue weighted by molar-refractivity contribution is -0.118. The number of ether oxygens (including phenoxy) is 2. The van der Waals surface area contributed by atoms with E-state index in [1.165, 1.54) is 0 Å². The quantitative estimate of drug-likeness (QED) is 0.179. The van der Waals surface area contributed by atoms with Gasteiger partial charge in [-0.3, -0.25) is 9.79 Å². The van der Waals surface area contributed by atoms with Gasteiger partial charge in [0.15, 0.2) is 5.96 Å². The number of anilines is 2. The zero-order valence-electron chi connectivity index (χ0n) is 18.6. The fourth-order valence-electron chi connectivity index (χ4n) is 2.55. The molecule has 0 spiro atoms. The first-order valence-corrected chi connectivity index (χ1v) is 10.1. The first-order valence-electron chi connectivity index (χ1n) is 10.1. The molecule has 0 aliphatic heterocycles. The van der Waals surface area contributed by atoms with Crippen LogP contribution in [-0.2, 0) is 16.1 Å². The summed E-state index contributed by atoms with van der Waals surface area (Å²) in [6.45, 7) is 5.63. The summed E-state index contributed by atoms with van der Waals surface area (Å²) in [7, 11) is 3.41. The van der Waals surface area contributed by atoms with Crippen molar-refractivity contribution < 1.29 is 14.3 Å². The van der Waals surface area contributed by atoms with Crippen LogP contribution in [0, 0.1) is 5.92 Å². The van der Waals surface area contributed by atoms with Gasteiger partial charge in [-0.25, -0.2) is 0 Å².